The van der Waals surface area contributed by atoms with Crippen molar-refractivity contribution in [1.29, 1.82) is 0 Å². The van der Waals surface area contributed by atoms with Crippen molar-refractivity contribution in [3.8, 4) is 0 Å². The van der Waals surface area contributed by atoms with E-state index in [1.165, 1.54) is 5.56 Å². The Labute approximate surface area is 170 Å². The number of aryl methyl sites for hydroxylation is 2. The summed E-state index contributed by atoms with van der Waals surface area (Å²) in [6, 6.07) is 3.88. The van der Waals surface area contributed by atoms with E-state index in [0.29, 0.717) is 6.54 Å². The molecule has 0 radical (unpaired) electrons. The zero-order chi connectivity index (χ0) is 17.4. The normalized spacial score (nSPS) is 13.8. The van der Waals surface area contributed by atoms with Crippen molar-refractivity contribution in [2.24, 2.45) is 12.0 Å². The van der Waals surface area contributed by atoms with Crippen LogP contribution in [0.1, 0.15) is 30.7 Å². The fourth-order valence-electron chi connectivity index (χ4n) is 2.34. The molecule has 0 aliphatic rings. The predicted molar refractivity (Wildman–Crippen MR) is 115 cm³/mol. The van der Waals surface area contributed by atoms with Gasteiger partial charge >= 0.3 is 0 Å². The molecule has 2 heterocycles. The number of thiophene rings is 1. The molecule has 0 fully saturated rings. The zero-order valence-electron chi connectivity index (χ0n) is 15.0. The van der Waals surface area contributed by atoms with E-state index in [2.05, 4.69) is 20.7 Å². The van der Waals surface area contributed by atoms with Crippen molar-refractivity contribution < 1.29 is 5.11 Å². The Morgan fingerprint density at radius 2 is 2.24 bits per heavy atom. The van der Waals surface area contributed by atoms with Crippen LogP contribution in [0.4, 0.5) is 0 Å². The summed E-state index contributed by atoms with van der Waals surface area (Å²) in [6.45, 7) is 5.77. The van der Waals surface area contributed by atoms with Crippen LogP contribution in [0.15, 0.2) is 34.9 Å². The lowest BCUT2D eigenvalue weighted by molar-refractivity contribution is 0.0711. The minimum absolute atomic E-state index is 0. The number of aliphatic hydroxyl groups is 1. The minimum atomic E-state index is -0.938. The molecule has 0 spiro atoms. The molecule has 0 amide bonds. The van der Waals surface area contributed by atoms with Gasteiger partial charge < -0.3 is 15.7 Å². The monoisotopic (exact) mass is 477 g/mol. The molecule has 2 aromatic rings. The van der Waals surface area contributed by atoms with E-state index >= 15 is 0 Å². The van der Waals surface area contributed by atoms with Crippen LogP contribution >= 0.6 is 35.3 Å². The summed E-state index contributed by atoms with van der Waals surface area (Å²) in [5, 5.41) is 23.2. The van der Waals surface area contributed by atoms with Gasteiger partial charge in [-0.1, -0.05) is 6.07 Å². The van der Waals surface area contributed by atoms with Gasteiger partial charge in [-0.2, -0.15) is 5.10 Å². The highest BCUT2D eigenvalue weighted by Gasteiger charge is 2.23. The molecule has 0 aliphatic carbocycles. The molecule has 1 atom stereocenters. The average molecular weight is 477 g/mol. The van der Waals surface area contributed by atoms with Gasteiger partial charge in [0.25, 0.3) is 0 Å². The van der Waals surface area contributed by atoms with Crippen molar-refractivity contribution in [1.82, 2.24) is 20.4 Å². The van der Waals surface area contributed by atoms with Gasteiger partial charge in [-0.15, -0.1) is 35.3 Å². The number of aromatic nitrogens is 2. The van der Waals surface area contributed by atoms with Gasteiger partial charge in [0, 0.05) is 31.2 Å². The van der Waals surface area contributed by atoms with Gasteiger partial charge in [-0.25, -0.2) is 4.99 Å². The van der Waals surface area contributed by atoms with E-state index in [1.807, 2.05) is 48.6 Å². The highest BCUT2D eigenvalue weighted by atomic mass is 127. The van der Waals surface area contributed by atoms with Crippen LogP contribution in [0.25, 0.3) is 0 Å². The van der Waals surface area contributed by atoms with Crippen LogP contribution in [-0.2, 0) is 19.1 Å². The lowest BCUT2D eigenvalue weighted by Gasteiger charge is -2.20. The molecular formula is C17H28IN5OS. The molecule has 1 unspecified atom stereocenters. The van der Waals surface area contributed by atoms with E-state index in [1.54, 1.807) is 18.3 Å². The average Bonchev–Trinajstić information content (AvgIpc) is 3.21. The van der Waals surface area contributed by atoms with E-state index in [9.17, 15) is 5.11 Å². The lowest BCUT2D eigenvalue weighted by Crippen LogP contribution is -2.39. The van der Waals surface area contributed by atoms with Gasteiger partial charge in [0.15, 0.2) is 5.96 Å². The summed E-state index contributed by atoms with van der Waals surface area (Å²) in [5.74, 6) is 0.737. The number of hydrogen-bond acceptors (Lipinski definition) is 4. The second kappa shape index (κ2) is 10.8. The second-order valence-electron chi connectivity index (χ2n) is 6.00. The number of nitrogens with one attached hydrogen (secondary N) is 2. The van der Waals surface area contributed by atoms with Gasteiger partial charge in [-0.05, 0) is 43.7 Å². The largest absolute Gasteiger partial charge is 0.383 e. The Hall–Kier alpha value is -1.13. The summed E-state index contributed by atoms with van der Waals surface area (Å²) in [4.78, 5) is 5.45. The molecule has 0 saturated carbocycles. The molecule has 25 heavy (non-hydrogen) atoms. The number of guanidine groups is 1. The highest BCUT2D eigenvalue weighted by Crippen LogP contribution is 2.25. The van der Waals surface area contributed by atoms with Crippen LogP contribution in [0.3, 0.4) is 0 Å². The maximum absolute atomic E-state index is 10.6. The van der Waals surface area contributed by atoms with Crippen LogP contribution in [0.5, 0.6) is 0 Å². The second-order valence-corrected chi connectivity index (χ2v) is 6.95. The maximum atomic E-state index is 10.6. The van der Waals surface area contributed by atoms with Crippen molar-refractivity contribution in [2.75, 3.05) is 19.6 Å². The Morgan fingerprint density at radius 3 is 2.84 bits per heavy atom. The smallest absolute Gasteiger partial charge is 0.191 e. The molecule has 0 aliphatic heterocycles. The molecule has 0 bridgehead atoms. The lowest BCUT2D eigenvalue weighted by atomic mass is 10.1. The third kappa shape index (κ3) is 7.33. The number of hydrogen-bond donors (Lipinski definition) is 3. The maximum Gasteiger partial charge on any atom is 0.191 e. The van der Waals surface area contributed by atoms with E-state index < -0.39 is 5.60 Å². The third-order valence-electron chi connectivity index (χ3n) is 3.63. The van der Waals surface area contributed by atoms with Crippen molar-refractivity contribution in [3.05, 3.63) is 40.3 Å². The number of aliphatic imine (C=N–C) groups is 1. The summed E-state index contributed by atoms with van der Waals surface area (Å²) < 4.78 is 1.82. The SMILES string of the molecule is CCNC(=NCC(C)(O)c1cccs1)NCCCc1cnn(C)c1.I. The van der Waals surface area contributed by atoms with Gasteiger partial charge in [0.05, 0.1) is 12.7 Å². The fraction of sp³-hybridized carbons (Fsp3) is 0.529. The van der Waals surface area contributed by atoms with E-state index in [4.69, 9.17) is 0 Å². The molecule has 2 rings (SSSR count). The molecular weight excluding hydrogens is 449 g/mol. The van der Waals surface area contributed by atoms with Crippen molar-refractivity contribution in [3.63, 3.8) is 0 Å². The molecule has 0 aromatic carbocycles. The van der Waals surface area contributed by atoms with Crippen LogP contribution in [0.2, 0.25) is 0 Å². The summed E-state index contributed by atoms with van der Waals surface area (Å²) >= 11 is 1.55. The Bertz CT molecular complexity index is 639. The standard InChI is InChI=1S/C17H27N5OS.HI/c1-4-18-16(19-9-5-7-14-11-21-22(3)12-14)20-13-17(2,23)15-8-6-10-24-15;/h6,8,10-12,23H,4-5,7,9,13H2,1-3H3,(H2,18,19,20);1H. The summed E-state index contributed by atoms with van der Waals surface area (Å²) in [6.07, 6.45) is 5.92. The predicted octanol–water partition coefficient (Wildman–Crippen LogP) is 2.50. The number of halogens is 1. The molecule has 3 N–H and O–H groups in total. The first-order valence-corrected chi connectivity index (χ1v) is 9.15. The zero-order valence-corrected chi connectivity index (χ0v) is 18.2. The summed E-state index contributed by atoms with van der Waals surface area (Å²) in [5.41, 5.74) is 0.300. The van der Waals surface area contributed by atoms with Crippen LogP contribution in [0, 0.1) is 0 Å². The third-order valence-corrected chi connectivity index (χ3v) is 4.76. The highest BCUT2D eigenvalue weighted by molar-refractivity contribution is 14.0. The van der Waals surface area contributed by atoms with E-state index in [-0.39, 0.29) is 24.0 Å². The number of rotatable bonds is 8. The molecule has 140 valence electrons. The topological polar surface area (TPSA) is 74.5 Å². The first kappa shape index (κ1) is 21.9. The molecule has 2 aromatic heterocycles. The van der Waals surface area contributed by atoms with Gasteiger partial charge in [0.2, 0.25) is 0 Å². The van der Waals surface area contributed by atoms with Gasteiger partial charge in [-0.3, -0.25) is 4.68 Å². The molecule has 8 heteroatoms. The minimum Gasteiger partial charge on any atom is -0.383 e. The fourth-order valence-corrected chi connectivity index (χ4v) is 3.12. The van der Waals surface area contributed by atoms with Gasteiger partial charge in [0.1, 0.15) is 5.60 Å². The van der Waals surface area contributed by atoms with Crippen LogP contribution < -0.4 is 10.6 Å². The van der Waals surface area contributed by atoms with Crippen molar-refractivity contribution >= 4 is 41.3 Å². The first-order chi connectivity index (χ1) is 11.5. The Balaban J connectivity index is 0.00000312. The summed E-state index contributed by atoms with van der Waals surface area (Å²) in [7, 11) is 1.93. The molecule has 0 saturated heterocycles. The van der Waals surface area contributed by atoms with E-state index in [0.717, 1.165) is 36.8 Å². The number of nitrogens with zero attached hydrogens (tertiary/aromatic N) is 3. The Morgan fingerprint density at radius 1 is 1.44 bits per heavy atom. The Kier molecular flexibility index (Phi) is 9.44. The van der Waals surface area contributed by atoms with Crippen LogP contribution in [-0.4, -0.2) is 40.5 Å². The molecule has 6 nitrogen and oxygen atoms in total. The van der Waals surface area contributed by atoms with Crippen molar-refractivity contribution in [2.45, 2.75) is 32.3 Å². The first-order valence-electron chi connectivity index (χ1n) is 8.27. The quantitative estimate of drug-likeness (QED) is 0.237.